The van der Waals surface area contributed by atoms with E-state index in [9.17, 15) is 55.9 Å². The minimum atomic E-state index is -1.96. The molecule has 0 saturated carbocycles. The molecule has 0 radical (unpaired) electrons. The molecular weight excluding hydrogens is 580 g/mol. The molecule has 16 heteroatoms. The van der Waals surface area contributed by atoms with Gasteiger partial charge in [-0.2, -0.15) is 0 Å². The van der Waals surface area contributed by atoms with Crippen LogP contribution in [0.1, 0.15) is 0 Å². The smallest absolute Gasteiger partial charge is 0.229 e. The number of hydrogen-bond acceptors (Lipinski definition) is 16. The zero-order valence-corrected chi connectivity index (χ0v) is 22.1. The van der Waals surface area contributed by atoms with Crippen LogP contribution in [-0.2, 0) is 9.47 Å². The van der Waals surface area contributed by atoms with E-state index in [1.54, 1.807) is 0 Å². The predicted molar refractivity (Wildman–Crippen MR) is 140 cm³/mol. The summed E-state index contributed by atoms with van der Waals surface area (Å²) in [5.41, 5.74) is -0.703. The van der Waals surface area contributed by atoms with Crippen LogP contribution in [0.3, 0.4) is 0 Å². The fraction of sp³-hybridized carbons (Fsp3) is 0.444. The number of aliphatic hydroxyl groups excluding tert-OH is 8. The van der Waals surface area contributed by atoms with Crippen molar-refractivity contribution < 1.29 is 74.4 Å². The number of aromatic hydroxyl groups is 2. The fourth-order valence-corrected chi connectivity index (χ4v) is 4.81. The quantitative estimate of drug-likeness (QED) is 0.130. The van der Waals surface area contributed by atoms with Gasteiger partial charge in [-0.25, -0.2) is 0 Å². The van der Waals surface area contributed by atoms with Crippen LogP contribution in [-0.4, -0.2) is 126 Å². The van der Waals surface area contributed by atoms with E-state index in [0.29, 0.717) is 5.56 Å². The molecule has 2 saturated heterocycles. The van der Waals surface area contributed by atoms with Gasteiger partial charge in [0.05, 0.1) is 13.2 Å². The lowest BCUT2D eigenvalue weighted by Crippen LogP contribution is -2.60. The van der Waals surface area contributed by atoms with Gasteiger partial charge in [0, 0.05) is 17.7 Å². The molecule has 3 heterocycles. The van der Waals surface area contributed by atoms with Gasteiger partial charge in [-0.15, -0.1) is 0 Å². The SMILES string of the molecule is O=c1cc(-c2ccc(O)cc2)oc2cc(O)c(OC3OC(CO)C(O)C(O)C3O)c(OC3OC(CO)C(O)C(O)C3O)c12. The summed E-state index contributed by atoms with van der Waals surface area (Å²) in [4.78, 5) is 13.5. The molecule has 3 aromatic rings. The van der Waals surface area contributed by atoms with E-state index >= 15 is 0 Å². The van der Waals surface area contributed by atoms with E-state index in [2.05, 4.69) is 0 Å². The Labute approximate surface area is 241 Å². The van der Waals surface area contributed by atoms with E-state index in [-0.39, 0.29) is 17.1 Å². The lowest BCUT2D eigenvalue weighted by Gasteiger charge is -2.41. The monoisotopic (exact) mass is 610 g/mol. The van der Waals surface area contributed by atoms with Crippen molar-refractivity contribution in [1.29, 1.82) is 0 Å². The van der Waals surface area contributed by atoms with E-state index in [1.807, 2.05) is 0 Å². The van der Waals surface area contributed by atoms with E-state index in [4.69, 9.17) is 23.4 Å². The lowest BCUT2D eigenvalue weighted by atomic mass is 9.99. The van der Waals surface area contributed by atoms with Gasteiger partial charge in [0.15, 0.2) is 16.9 Å². The number of fused-ring (bicyclic) bond motifs is 1. The number of phenols is 2. The maximum Gasteiger partial charge on any atom is 0.229 e. The second-order valence-corrected chi connectivity index (χ2v) is 10.1. The Morgan fingerprint density at radius 1 is 0.674 bits per heavy atom. The van der Waals surface area contributed by atoms with Crippen LogP contribution < -0.4 is 14.9 Å². The van der Waals surface area contributed by atoms with Crippen molar-refractivity contribution in [3.63, 3.8) is 0 Å². The minimum Gasteiger partial charge on any atom is -0.508 e. The average Bonchev–Trinajstić information content (AvgIpc) is 2.98. The van der Waals surface area contributed by atoms with Crippen molar-refractivity contribution in [3.8, 4) is 34.3 Å². The first-order valence-electron chi connectivity index (χ1n) is 13.0. The third kappa shape index (κ3) is 5.73. The largest absolute Gasteiger partial charge is 0.508 e. The van der Waals surface area contributed by atoms with Gasteiger partial charge in [0.1, 0.15) is 71.3 Å². The van der Waals surface area contributed by atoms with Crippen molar-refractivity contribution >= 4 is 11.0 Å². The highest BCUT2D eigenvalue weighted by atomic mass is 16.7. The van der Waals surface area contributed by atoms with E-state index in [1.165, 1.54) is 24.3 Å². The Morgan fingerprint density at radius 3 is 1.70 bits per heavy atom. The van der Waals surface area contributed by atoms with Gasteiger partial charge in [-0.3, -0.25) is 4.79 Å². The second-order valence-electron chi connectivity index (χ2n) is 10.1. The molecule has 16 nitrogen and oxygen atoms in total. The van der Waals surface area contributed by atoms with Crippen molar-refractivity contribution in [1.82, 2.24) is 0 Å². The Bertz CT molecular complexity index is 1490. The highest BCUT2D eigenvalue weighted by molar-refractivity contribution is 5.90. The summed E-state index contributed by atoms with van der Waals surface area (Å²) in [7, 11) is 0. The first kappa shape index (κ1) is 30.9. The Morgan fingerprint density at radius 2 is 1.19 bits per heavy atom. The van der Waals surface area contributed by atoms with Gasteiger partial charge in [0.25, 0.3) is 0 Å². The molecule has 10 unspecified atom stereocenters. The molecule has 0 bridgehead atoms. The molecule has 234 valence electrons. The van der Waals surface area contributed by atoms with E-state index in [0.717, 1.165) is 12.1 Å². The molecule has 10 atom stereocenters. The Hall–Kier alpha value is -3.55. The maximum atomic E-state index is 13.5. The Balaban J connectivity index is 1.64. The topological polar surface area (TPSA) is 269 Å². The van der Waals surface area contributed by atoms with Gasteiger partial charge >= 0.3 is 0 Å². The summed E-state index contributed by atoms with van der Waals surface area (Å²) in [6.07, 6.45) is -17.7. The number of aliphatic hydroxyl groups is 8. The molecule has 0 spiro atoms. The average molecular weight is 611 g/mol. The molecular formula is C27H30O16. The van der Waals surface area contributed by atoms with Crippen LogP contribution in [0.2, 0.25) is 0 Å². The third-order valence-corrected chi connectivity index (χ3v) is 7.23. The molecule has 1 aromatic heterocycles. The van der Waals surface area contributed by atoms with Crippen LogP contribution in [0.25, 0.3) is 22.3 Å². The van der Waals surface area contributed by atoms with Gasteiger partial charge in [-0.05, 0) is 24.3 Å². The molecule has 0 aliphatic carbocycles. The third-order valence-electron chi connectivity index (χ3n) is 7.23. The molecule has 10 N–H and O–H groups in total. The first-order chi connectivity index (χ1) is 20.4. The zero-order valence-electron chi connectivity index (χ0n) is 22.1. The standard InChI is InChI=1S/C27H30O16/c28-7-15-18(33)20(35)22(37)26(40-15)42-24-12(32)6-14-17(11(31)5-13(39-14)9-1-3-10(30)4-2-9)25(24)43-27-23(38)21(36)19(34)16(8-29)41-27/h1-6,15-16,18-23,26-30,32-38H,7-8H2. The van der Waals surface area contributed by atoms with Crippen molar-refractivity contribution in [2.45, 2.75) is 61.4 Å². The number of hydrogen-bond donors (Lipinski definition) is 10. The van der Waals surface area contributed by atoms with Gasteiger partial charge in [0.2, 0.25) is 18.3 Å². The molecule has 2 aliphatic rings. The number of benzene rings is 2. The van der Waals surface area contributed by atoms with Gasteiger partial charge < -0.3 is 74.4 Å². The van der Waals surface area contributed by atoms with Crippen LogP contribution in [0, 0.1) is 0 Å². The van der Waals surface area contributed by atoms with Crippen LogP contribution >= 0.6 is 0 Å². The van der Waals surface area contributed by atoms with Crippen LogP contribution in [0.4, 0.5) is 0 Å². The zero-order chi connectivity index (χ0) is 31.2. The highest BCUT2D eigenvalue weighted by Crippen LogP contribution is 2.45. The summed E-state index contributed by atoms with van der Waals surface area (Å²) >= 11 is 0. The molecule has 43 heavy (non-hydrogen) atoms. The normalized spacial score (nSPS) is 32.9. The Kier molecular flexibility index (Phi) is 8.77. The molecule has 2 aromatic carbocycles. The molecule has 5 rings (SSSR count). The van der Waals surface area contributed by atoms with Crippen molar-refractivity contribution in [3.05, 3.63) is 46.6 Å². The summed E-state index contributed by atoms with van der Waals surface area (Å²) in [5, 5.41) is 101. The molecule has 0 amide bonds. The fourth-order valence-electron chi connectivity index (χ4n) is 4.81. The first-order valence-corrected chi connectivity index (χ1v) is 13.0. The molecule has 2 fully saturated rings. The van der Waals surface area contributed by atoms with Crippen molar-refractivity contribution in [2.75, 3.05) is 13.2 Å². The summed E-state index contributed by atoms with van der Waals surface area (Å²) < 4.78 is 27.9. The van der Waals surface area contributed by atoms with E-state index < -0.39 is 103 Å². The maximum absolute atomic E-state index is 13.5. The number of ether oxygens (including phenoxy) is 4. The second kappa shape index (κ2) is 12.2. The predicted octanol–water partition coefficient (Wildman–Crippen LogP) is -2.77. The highest BCUT2D eigenvalue weighted by Gasteiger charge is 2.47. The molecule has 2 aliphatic heterocycles. The van der Waals surface area contributed by atoms with Crippen molar-refractivity contribution in [2.24, 2.45) is 0 Å². The number of phenolic OH excluding ortho intramolecular Hbond substituents is 2. The lowest BCUT2D eigenvalue weighted by molar-refractivity contribution is -0.282. The summed E-state index contributed by atoms with van der Waals surface area (Å²) in [6.45, 7) is -1.61. The van der Waals surface area contributed by atoms with Gasteiger partial charge in [-0.1, -0.05) is 0 Å². The van der Waals surface area contributed by atoms with Crippen LogP contribution in [0.5, 0.6) is 23.0 Å². The summed E-state index contributed by atoms with van der Waals surface area (Å²) in [6, 6.07) is 7.62. The van der Waals surface area contributed by atoms with Crippen LogP contribution in [0.15, 0.2) is 45.6 Å². The minimum absolute atomic E-state index is 0.0123. The number of rotatable bonds is 7. The summed E-state index contributed by atoms with van der Waals surface area (Å²) in [5.74, 6) is -2.19.